The van der Waals surface area contributed by atoms with Gasteiger partial charge in [0.1, 0.15) is 18.5 Å². The number of aryl methyl sites for hydroxylation is 1. The van der Waals surface area contributed by atoms with Crippen LogP contribution in [0.2, 0.25) is 0 Å². The lowest BCUT2D eigenvalue weighted by Crippen LogP contribution is -2.16. The van der Waals surface area contributed by atoms with E-state index in [1.807, 2.05) is 10.9 Å². The van der Waals surface area contributed by atoms with Gasteiger partial charge in [-0.1, -0.05) is 44.2 Å². The van der Waals surface area contributed by atoms with Crippen LogP contribution in [0, 0.1) is 0 Å². The van der Waals surface area contributed by atoms with E-state index in [4.69, 9.17) is 0 Å². The molecule has 1 aromatic carbocycles. The van der Waals surface area contributed by atoms with Crippen molar-refractivity contribution >= 4 is 0 Å². The number of hydrogen-bond donors (Lipinski definition) is 0. The molecule has 0 aliphatic rings. The zero-order valence-corrected chi connectivity index (χ0v) is 13.0. The van der Waals surface area contributed by atoms with Crippen LogP contribution in [0.25, 0.3) is 0 Å². The van der Waals surface area contributed by atoms with Crippen molar-refractivity contribution in [3.63, 3.8) is 0 Å². The zero-order valence-electron chi connectivity index (χ0n) is 13.0. The zero-order chi connectivity index (χ0) is 15.4. The number of hydrogen-bond acceptors (Lipinski definition) is 3. The third-order valence-electron chi connectivity index (χ3n) is 3.83. The van der Waals surface area contributed by atoms with Crippen LogP contribution in [-0.2, 0) is 6.54 Å². The molecule has 5 nitrogen and oxygen atoms in total. The highest BCUT2D eigenvalue weighted by atomic mass is 15.3. The molecule has 0 N–H and O–H groups in total. The van der Waals surface area contributed by atoms with E-state index in [1.165, 1.54) is 5.56 Å². The van der Waals surface area contributed by atoms with Crippen molar-refractivity contribution < 1.29 is 0 Å². The van der Waals surface area contributed by atoms with Gasteiger partial charge in [0.15, 0.2) is 0 Å². The monoisotopic (exact) mass is 295 g/mol. The van der Waals surface area contributed by atoms with Crippen LogP contribution in [0.4, 0.5) is 0 Å². The van der Waals surface area contributed by atoms with E-state index in [0.717, 1.165) is 18.8 Å². The van der Waals surface area contributed by atoms with Crippen LogP contribution in [0.15, 0.2) is 55.4 Å². The first kappa shape index (κ1) is 14.5. The lowest BCUT2D eigenvalue weighted by Gasteiger charge is -2.22. The average molecular weight is 295 g/mol. The molecule has 114 valence electrons. The SMILES string of the molecule is CC(C)c1nccn1[C@@H](CCn1cncn1)c1ccccc1. The smallest absolute Gasteiger partial charge is 0.137 e. The largest absolute Gasteiger partial charge is 0.327 e. The Hall–Kier alpha value is -2.43. The number of nitrogens with zero attached hydrogens (tertiary/aromatic N) is 5. The van der Waals surface area contributed by atoms with Gasteiger partial charge >= 0.3 is 0 Å². The molecule has 0 unspecified atom stereocenters. The summed E-state index contributed by atoms with van der Waals surface area (Å²) in [4.78, 5) is 8.55. The van der Waals surface area contributed by atoms with Crippen LogP contribution in [0.5, 0.6) is 0 Å². The fourth-order valence-electron chi connectivity index (χ4n) is 2.78. The summed E-state index contributed by atoms with van der Waals surface area (Å²) in [6, 6.07) is 10.8. The van der Waals surface area contributed by atoms with Crippen molar-refractivity contribution in [3.8, 4) is 0 Å². The summed E-state index contributed by atoms with van der Waals surface area (Å²) in [7, 11) is 0. The molecule has 2 heterocycles. The molecule has 0 radical (unpaired) electrons. The molecule has 0 aliphatic carbocycles. The number of aromatic nitrogens is 5. The molecule has 0 fully saturated rings. The fraction of sp³-hybridized carbons (Fsp3) is 0.353. The molecular weight excluding hydrogens is 274 g/mol. The second-order valence-electron chi connectivity index (χ2n) is 5.72. The Balaban J connectivity index is 1.90. The van der Waals surface area contributed by atoms with Gasteiger partial charge in [-0.3, -0.25) is 4.68 Å². The van der Waals surface area contributed by atoms with Crippen molar-refractivity contribution in [1.82, 2.24) is 24.3 Å². The van der Waals surface area contributed by atoms with Crippen molar-refractivity contribution in [2.45, 2.75) is 38.8 Å². The van der Waals surface area contributed by atoms with E-state index in [0.29, 0.717) is 5.92 Å². The minimum atomic E-state index is 0.255. The molecule has 0 amide bonds. The van der Waals surface area contributed by atoms with Gasteiger partial charge in [-0.25, -0.2) is 9.97 Å². The lowest BCUT2D eigenvalue weighted by molar-refractivity contribution is 0.452. The van der Waals surface area contributed by atoms with Gasteiger partial charge in [0.2, 0.25) is 0 Å². The van der Waals surface area contributed by atoms with Gasteiger partial charge in [0.05, 0.1) is 6.04 Å². The van der Waals surface area contributed by atoms with Crippen LogP contribution in [-0.4, -0.2) is 24.3 Å². The standard InChI is InChI=1S/C17H21N5/c1-14(2)17-19-9-11-22(17)16(15-6-4-3-5-7-15)8-10-21-13-18-12-20-21/h3-7,9,11-14,16H,8,10H2,1-2H3/t16-/m0/s1. The van der Waals surface area contributed by atoms with Gasteiger partial charge in [-0.05, 0) is 12.0 Å². The summed E-state index contributed by atoms with van der Waals surface area (Å²) in [5.74, 6) is 1.51. The highest BCUT2D eigenvalue weighted by Gasteiger charge is 2.18. The fourth-order valence-corrected chi connectivity index (χ4v) is 2.78. The minimum absolute atomic E-state index is 0.255. The minimum Gasteiger partial charge on any atom is -0.327 e. The van der Waals surface area contributed by atoms with Crippen molar-refractivity contribution in [1.29, 1.82) is 0 Å². The number of benzene rings is 1. The quantitative estimate of drug-likeness (QED) is 0.701. The highest BCUT2D eigenvalue weighted by molar-refractivity contribution is 5.21. The average Bonchev–Trinajstić information content (AvgIpc) is 3.20. The molecule has 2 aromatic heterocycles. The maximum absolute atomic E-state index is 4.54. The van der Waals surface area contributed by atoms with Crippen LogP contribution in [0.1, 0.15) is 43.6 Å². The topological polar surface area (TPSA) is 48.5 Å². The summed E-state index contributed by atoms with van der Waals surface area (Å²) in [5, 5.41) is 4.20. The maximum Gasteiger partial charge on any atom is 0.137 e. The van der Waals surface area contributed by atoms with Gasteiger partial charge in [0.25, 0.3) is 0 Å². The molecule has 0 aliphatic heterocycles. The molecule has 3 rings (SSSR count). The molecule has 0 saturated heterocycles. The van der Waals surface area contributed by atoms with E-state index in [2.05, 4.69) is 70.0 Å². The summed E-state index contributed by atoms with van der Waals surface area (Å²) in [6.07, 6.45) is 8.26. The number of imidazole rings is 1. The predicted molar refractivity (Wildman–Crippen MR) is 85.5 cm³/mol. The van der Waals surface area contributed by atoms with Crippen molar-refractivity contribution in [2.24, 2.45) is 0 Å². The second-order valence-corrected chi connectivity index (χ2v) is 5.72. The molecular formula is C17H21N5. The maximum atomic E-state index is 4.54. The van der Waals surface area contributed by atoms with E-state index < -0.39 is 0 Å². The molecule has 1 atom stereocenters. The third-order valence-corrected chi connectivity index (χ3v) is 3.83. The van der Waals surface area contributed by atoms with E-state index in [9.17, 15) is 0 Å². The first-order valence-electron chi connectivity index (χ1n) is 7.66. The summed E-state index contributed by atoms with van der Waals surface area (Å²) >= 11 is 0. The summed E-state index contributed by atoms with van der Waals surface area (Å²) in [5.41, 5.74) is 1.29. The van der Waals surface area contributed by atoms with E-state index in [-0.39, 0.29) is 6.04 Å². The Morgan fingerprint density at radius 3 is 2.64 bits per heavy atom. The van der Waals surface area contributed by atoms with E-state index in [1.54, 1.807) is 12.7 Å². The molecule has 0 bridgehead atoms. The van der Waals surface area contributed by atoms with Crippen molar-refractivity contribution in [2.75, 3.05) is 0 Å². The summed E-state index contributed by atoms with van der Waals surface area (Å²) in [6.45, 7) is 5.19. The summed E-state index contributed by atoms with van der Waals surface area (Å²) < 4.78 is 4.17. The van der Waals surface area contributed by atoms with Gasteiger partial charge in [-0.2, -0.15) is 5.10 Å². The van der Waals surface area contributed by atoms with Gasteiger partial charge in [-0.15, -0.1) is 0 Å². The van der Waals surface area contributed by atoms with Gasteiger partial charge in [0, 0.05) is 24.9 Å². The van der Waals surface area contributed by atoms with Gasteiger partial charge < -0.3 is 4.57 Å². The highest BCUT2D eigenvalue weighted by Crippen LogP contribution is 2.26. The van der Waals surface area contributed by atoms with Crippen LogP contribution >= 0.6 is 0 Å². The Kier molecular flexibility index (Phi) is 4.32. The predicted octanol–water partition coefficient (Wildman–Crippen LogP) is 3.28. The first-order valence-corrected chi connectivity index (χ1v) is 7.66. The first-order chi connectivity index (χ1) is 10.8. The molecule has 22 heavy (non-hydrogen) atoms. The molecule has 0 saturated carbocycles. The molecule has 5 heteroatoms. The molecule has 3 aromatic rings. The normalized spacial score (nSPS) is 12.7. The second kappa shape index (κ2) is 6.56. The van der Waals surface area contributed by atoms with Crippen LogP contribution in [0.3, 0.4) is 0 Å². The Morgan fingerprint density at radius 1 is 1.14 bits per heavy atom. The number of rotatable bonds is 6. The Morgan fingerprint density at radius 2 is 1.95 bits per heavy atom. The third kappa shape index (κ3) is 3.08. The molecule has 0 spiro atoms. The lowest BCUT2D eigenvalue weighted by atomic mass is 10.0. The Labute approximate surface area is 130 Å². The van der Waals surface area contributed by atoms with Crippen LogP contribution < -0.4 is 0 Å². The Bertz CT molecular complexity index is 685. The van der Waals surface area contributed by atoms with Crippen molar-refractivity contribution in [3.05, 3.63) is 66.8 Å². The van der Waals surface area contributed by atoms with E-state index >= 15 is 0 Å².